The van der Waals surface area contributed by atoms with E-state index < -0.39 is 46.7 Å². The average molecular weight is 579 g/mol. The highest BCUT2D eigenvalue weighted by atomic mass is 35.5. The molecule has 13 heteroatoms. The highest BCUT2D eigenvalue weighted by Gasteiger charge is 2.25. The maximum absolute atomic E-state index is 13.8. The van der Waals surface area contributed by atoms with E-state index in [1.807, 2.05) is 0 Å². The SMILES string of the molecule is CC(=O)c1cc(=O)n(C(C)c2cccc(F)c2F)[nH]1.CC(=O)c1nn(C(C)c2cccc(F)c2F)c(Cl)c1C=O. The molecular weight excluding hydrogens is 556 g/mol. The molecule has 0 saturated heterocycles. The number of hydrogen-bond acceptors (Lipinski definition) is 5. The number of benzene rings is 2. The lowest BCUT2D eigenvalue weighted by molar-refractivity contribution is 0.0996. The van der Waals surface area contributed by atoms with Gasteiger partial charge in [0.25, 0.3) is 5.56 Å². The number of aromatic nitrogens is 4. The lowest BCUT2D eigenvalue weighted by Gasteiger charge is -2.14. The molecule has 2 aromatic carbocycles. The quantitative estimate of drug-likeness (QED) is 0.172. The fraction of sp³-hybridized carbons (Fsp3) is 0.222. The van der Waals surface area contributed by atoms with Crippen LogP contribution >= 0.6 is 11.6 Å². The molecule has 210 valence electrons. The van der Waals surface area contributed by atoms with Gasteiger partial charge in [0.15, 0.2) is 41.1 Å². The summed E-state index contributed by atoms with van der Waals surface area (Å²) in [4.78, 5) is 45.4. The molecule has 0 aliphatic rings. The summed E-state index contributed by atoms with van der Waals surface area (Å²) in [6, 6.07) is 7.11. The molecule has 40 heavy (non-hydrogen) atoms. The Kier molecular flexibility index (Phi) is 9.25. The number of nitrogens with zero attached hydrogens (tertiary/aromatic N) is 3. The third kappa shape index (κ3) is 5.96. The van der Waals surface area contributed by atoms with Crippen LogP contribution < -0.4 is 5.56 Å². The van der Waals surface area contributed by atoms with Crippen LogP contribution in [0.1, 0.15) is 82.2 Å². The number of H-pyrrole nitrogens is 1. The zero-order valence-corrected chi connectivity index (χ0v) is 22.4. The van der Waals surface area contributed by atoms with Gasteiger partial charge in [-0.1, -0.05) is 35.9 Å². The average Bonchev–Trinajstić information content (AvgIpc) is 3.46. The monoisotopic (exact) mass is 578 g/mol. The summed E-state index contributed by atoms with van der Waals surface area (Å²) < 4.78 is 56.2. The van der Waals surface area contributed by atoms with Crippen LogP contribution in [-0.2, 0) is 0 Å². The van der Waals surface area contributed by atoms with Gasteiger partial charge >= 0.3 is 0 Å². The second-order valence-corrected chi connectivity index (χ2v) is 9.10. The minimum Gasteiger partial charge on any atom is -0.298 e. The molecule has 4 aromatic rings. The first-order valence-corrected chi connectivity index (χ1v) is 12.1. The van der Waals surface area contributed by atoms with Crippen molar-refractivity contribution in [2.45, 2.75) is 39.8 Å². The van der Waals surface area contributed by atoms with Crippen LogP contribution in [0.5, 0.6) is 0 Å². The van der Waals surface area contributed by atoms with Gasteiger partial charge in [-0.15, -0.1) is 0 Å². The molecule has 0 saturated carbocycles. The number of aldehydes is 1. The Labute approximate surface area is 230 Å². The van der Waals surface area contributed by atoms with E-state index in [0.717, 1.165) is 27.6 Å². The van der Waals surface area contributed by atoms with E-state index in [0.29, 0.717) is 6.29 Å². The molecular formula is C27H23ClF4N4O4. The Morgan fingerprint density at radius 3 is 1.88 bits per heavy atom. The van der Waals surface area contributed by atoms with Crippen molar-refractivity contribution in [3.05, 3.63) is 109 Å². The second kappa shape index (κ2) is 12.2. The van der Waals surface area contributed by atoms with Crippen LogP contribution in [0.4, 0.5) is 17.6 Å². The minimum absolute atomic E-state index is 0.0203. The topological polar surface area (TPSA) is 107 Å². The fourth-order valence-electron chi connectivity index (χ4n) is 3.88. The van der Waals surface area contributed by atoms with Gasteiger partial charge < -0.3 is 0 Å². The maximum atomic E-state index is 13.8. The number of rotatable bonds is 7. The molecule has 0 bridgehead atoms. The molecule has 2 aromatic heterocycles. The third-order valence-electron chi connectivity index (χ3n) is 6.08. The number of ketones is 2. The minimum atomic E-state index is -1.02. The molecule has 0 radical (unpaired) electrons. The van der Waals surface area contributed by atoms with Crippen molar-refractivity contribution in [2.24, 2.45) is 0 Å². The summed E-state index contributed by atoms with van der Waals surface area (Å²) in [7, 11) is 0. The lowest BCUT2D eigenvalue weighted by atomic mass is 10.1. The van der Waals surface area contributed by atoms with Crippen LogP contribution in [0.25, 0.3) is 0 Å². The molecule has 2 heterocycles. The number of carbonyl (C=O) groups is 3. The van der Waals surface area contributed by atoms with Gasteiger partial charge in [-0.25, -0.2) is 26.9 Å². The predicted octanol–water partition coefficient (Wildman–Crippen LogP) is 5.71. The van der Waals surface area contributed by atoms with E-state index in [1.165, 1.54) is 45.0 Å². The molecule has 0 aliphatic heterocycles. The standard InChI is InChI=1S/C14H11ClF2N2O2.C13H12F2N2O2/c1-7(9-4-3-5-11(16)12(9)17)19-14(15)10(6-20)13(18-19)8(2)21;1-7(9-4-3-5-10(14)13(9)15)17-12(19)6-11(16-17)8(2)18/h3-7H,1-2H3;3-7,16H,1-2H3. The third-order valence-corrected chi connectivity index (χ3v) is 6.46. The van der Waals surface area contributed by atoms with E-state index in [9.17, 15) is 36.7 Å². The van der Waals surface area contributed by atoms with Crippen molar-refractivity contribution in [1.82, 2.24) is 19.6 Å². The summed E-state index contributed by atoms with van der Waals surface area (Å²) in [5.41, 5.74) is -0.437. The first-order chi connectivity index (χ1) is 18.8. The lowest BCUT2D eigenvalue weighted by Crippen LogP contribution is -2.22. The molecule has 0 aliphatic carbocycles. The summed E-state index contributed by atoms with van der Waals surface area (Å²) in [5.74, 6) is -4.73. The summed E-state index contributed by atoms with van der Waals surface area (Å²) in [6.45, 7) is 5.63. The number of carbonyl (C=O) groups excluding carboxylic acids is 3. The van der Waals surface area contributed by atoms with E-state index in [2.05, 4.69) is 10.2 Å². The van der Waals surface area contributed by atoms with E-state index >= 15 is 0 Å². The zero-order chi connectivity index (χ0) is 29.9. The van der Waals surface area contributed by atoms with Crippen molar-refractivity contribution in [3.8, 4) is 0 Å². The molecule has 0 spiro atoms. The molecule has 2 atom stereocenters. The van der Waals surface area contributed by atoms with Crippen LogP contribution in [0.15, 0.2) is 47.3 Å². The second-order valence-electron chi connectivity index (χ2n) is 8.74. The smallest absolute Gasteiger partial charge is 0.267 e. The summed E-state index contributed by atoms with van der Waals surface area (Å²) in [6.07, 6.45) is 0.414. The summed E-state index contributed by atoms with van der Waals surface area (Å²) in [5, 5.41) is 6.44. The number of aromatic amines is 1. The van der Waals surface area contributed by atoms with Crippen LogP contribution in [0, 0.1) is 23.3 Å². The van der Waals surface area contributed by atoms with Crippen molar-refractivity contribution >= 4 is 29.5 Å². The Morgan fingerprint density at radius 1 is 0.925 bits per heavy atom. The van der Waals surface area contributed by atoms with Crippen LogP contribution in [0.3, 0.4) is 0 Å². The van der Waals surface area contributed by atoms with Gasteiger partial charge in [-0.3, -0.25) is 24.3 Å². The Balaban J connectivity index is 0.000000222. The van der Waals surface area contributed by atoms with Gasteiger partial charge in [0.2, 0.25) is 0 Å². The molecule has 0 fully saturated rings. The van der Waals surface area contributed by atoms with Gasteiger partial charge in [0.1, 0.15) is 16.5 Å². The highest BCUT2D eigenvalue weighted by Crippen LogP contribution is 2.28. The zero-order valence-electron chi connectivity index (χ0n) is 21.6. The Hall–Kier alpha value is -4.32. The van der Waals surface area contributed by atoms with Crippen LogP contribution in [-0.4, -0.2) is 37.4 Å². The number of Topliss-reactive ketones (excluding diaryl/α,β-unsaturated/α-hetero) is 2. The number of nitrogens with one attached hydrogen (secondary N) is 1. The van der Waals surface area contributed by atoms with Crippen LogP contribution in [0.2, 0.25) is 5.15 Å². The highest BCUT2D eigenvalue weighted by molar-refractivity contribution is 6.32. The van der Waals surface area contributed by atoms with Gasteiger partial charge in [0, 0.05) is 31.0 Å². The van der Waals surface area contributed by atoms with Crippen molar-refractivity contribution in [2.75, 3.05) is 0 Å². The van der Waals surface area contributed by atoms with E-state index in [4.69, 9.17) is 11.6 Å². The van der Waals surface area contributed by atoms with Crippen molar-refractivity contribution in [3.63, 3.8) is 0 Å². The number of hydrogen-bond donors (Lipinski definition) is 1. The molecule has 4 rings (SSSR count). The first-order valence-electron chi connectivity index (χ1n) is 11.7. The van der Waals surface area contributed by atoms with Gasteiger partial charge in [0.05, 0.1) is 17.6 Å². The van der Waals surface area contributed by atoms with Crippen molar-refractivity contribution < 1.29 is 31.9 Å². The van der Waals surface area contributed by atoms with E-state index in [-0.39, 0.29) is 39.0 Å². The molecule has 1 N–H and O–H groups in total. The maximum Gasteiger partial charge on any atom is 0.267 e. The number of halogens is 5. The fourth-order valence-corrected chi connectivity index (χ4v) is 4.20. The summed E-state index contributed by atoms with van der Waals surface area (Å²) >= 11 is 6.01. The van der Waals surface area contributed by atoms with Gasteiger partial charge in [-0.05, 0) is 26.0 Å². The largest absolute Gasteiger partial charge is 0.298 e. The Morgan fingerprint density at radius 2 is 1.45 bits per heavy atom. The Bertz CT molecular complexity index is 1660. The molecule has 0 amide bonds. The van der Waals surface area contributed by atoms with E-state index in [1.54, 1.807) is 6.92 Å². The first kappa shape index (κ1) is 30.2. The molecule has 2 unspecified atom stereocenters. The normalized spacial score (nSPS) is 12.3. The van der Waals surface area contributed by atoms with Crippen molar-refractivity contribution in [1.29, 1.82) is 0 Å². The predicted molar refractivity (Wildman–Crippen MR) is 138 cm³/mol. The molecule has 8 nitrogen and oxygen atoms in total. The van der Waals surface area contributed by atoms with Gasteiger partial charge in [-0.2, -0.15) is 5.10 Å².